The summed E-state index contributed by atoms with van der Waals surface area (Å²) in [5, 5.41) is 0. The molecule has 0 fully saturated rings. The Kier molecular flexibility index (Phi) is 1.95. The first kappa shape index (κ1) is 8.48. The van der Waals surface area contributed by atoms with Gasteiger partial charge in [0.05, 0.1) is 0 Å². The number of fused-ring (bicyclic) bond motifs is 1. The predicted octanol–water partition coefficient (Wildman–Crippen LogP) is 1.32. The Morgan fingerprint density at radius 2 is 2.31 bits per heavy atom. The average Bonchev–Trinajstić information content (AvgIpc) is 2.39. The molecule has 1 aromatic rings. The molecule has 0 spiro atoms. The summed E-state index contributed by atoms with van der Waals surface area (Å²) in [5.74, 6) is 4.21. The molecule has 0 radical (unpaired) electrons. The molecule has 1 aliphatic heterocycles. The summed E-state index contributed by atoms with van der Waals surface area (Å²) in [6.45, 7) is 6.06. The molecule has 2 heterocycles. The van der Waals surface area contributed by atoms with Gasteiger partial charge in [-0.05, 0) is 0 Å². The normalized spacial score (nSPS) is 15.0. The van der Waals surface area contributed by atoms with Crippen LogP contribution in [0, 0.1) is 0 Å². The second-order valence-electron chi connectivity index (χ2n) is 3.66. The van der Waals surface area contributed by atoms with E-state index in [-0.39, 0.29) is 11.9 Å². The van der Waals surface area contributed by atoms with Crippen LogP contribution in [0.1, 0.15) is 19.4 Å². The van der Waals surface area contributed by atoms with Gasteiger partial charge in [-0.15, -0.1) is 0 Å². The fourth-order valence-corrected chi connectivity index (χ4v) is 1.84. The van der Waals surface area contributed by atoms with E-state index in [0.717, 1.165) is 11.3 Å². The summed E-state index contributed by atoms with van der Waals surface area (Å²) in [6.07, 6.45) is 0.564. The molecule has 3 heteroatoms. The van der Waals surface area contributed by atoms with Gasteiger partial charge in [-0.25, -0.2) is 0 Å². The summed E-state index contributed by atoms with van der Waals surface area (Å²) >= 11 is 0. The molecule has 0 atom stereocenters. The first-order valence-electron chi connectivity index (χ1n) is 4.60. The van der Waals surface area contributed by atoms with Crippen LogP contribution in [0.3, 0.4) is 0 Å². The standard InChI is InChI=1S/C10H12BNO/c1-7(2)12-9-6-11-4-3-8(9)5-10(12)13/h3-4,6-7H,5H2,1-2H3. The number of rotatable bonds is 1. The third kappa shape index (κ3) is 1.28. The molecule has 2 rings (SSSR count). The molecule has 2 nitrogen and oxygen atoms in total. The minimum absolute atomic E-state index is 0.219. The number of carbonyl (C=O) groups is 1. The minimum atomic E-state index is 0.219. The van der Waals surface area contributed by atoms with Crippen LogP contribution in [0.2, 0.25) is 0 Å². The van der Waals surface area contributed by atoms with Crippen molar-refractivity contribution in [2.24, 2.45) is 0 Å². The van der Waals surface area contributed by atoms with Gasteiger partial charge in [-0.3, -0.25) is 0 Å². The van der Waals surface area contributed by atoms with Crippen LogP contribution in [0.15, 0.2) is 18.0 Å². The molecule has 0 saturated heterocycles. The second kappa shape index (κ2) is 2.98. The molecular formula is C10H12BNO. The summed E-state index contributed by atoms with van der Waals surface area (Å²) in [6, 6.07) is 2.28. The number of carbonyl (C=O) groups excluding carboxylic acids is 1. The molecule has 66 valence electrons. The van der Waals surface area contributed by atoms with Gasteiger partial charge in [0.1, 0.15) is 0 Å². The zero-order valence-electron chi connectivity index (χ0n) is 7.95. The second-order valence-corrected chi connectivity index (χ2v) is 3.66. The van der Waals surface area contributed by atoms with Crippen molar-refractivity contribution in [2.75, 3.05) is 4.90 Å². The molecule has 1 aromatic heterocycles. The Morgan fingerprint density at radius 3 is 3.00 bits per heavy atom. The van der Waals surface area contributed by atoms with Gasteiger partial charge < -0.3 is 0 Å². The van der Waals surface area contributed by atoms with Crippen molar-refractivity contribution in [3.05, 3.63) is 23.6 Å². The van der Waals surface area contributed by atoms with Gasteiger partial charge in [-0.2, -0.15) is 0 Å². The zero-order chi connectivity index (χ0) is 9.42. The van der Waals surface area contributed by atoms with Crippen molar-refractivity contribution in [1.82, 2.24) is 0 Å². The Hall–Kier alpha value is -1.12. The third-order valence-electron chi connectivity index (χ3n) is 2.38. The first-order chi connectivity index (χ1) is 6.20. The summed E-state index contributed by atoms with van der Waals surface area (Å²) in [4.78, 5) is 13.5. The molecule has 0 aromatic carbocycles. The molecule has 1 amide bonds. The Morgan fingerprint density at radius 1 is 1.54 bits per heavy atom. The quantitative estimate of drug-likeness (QED) is 0.627. The van der Waals surface area contributed by atoms with Gasteiger partial charge in [0.2, 0.25) is 0 Å². The van der Waals surface area contributed by atoms with Gasteiger partial charge in [-0.1, -0.05) is 0 Å². The van der Waals surface area contributed by atoms with Crippen molar-refractivity contribution < 1.29 is 4.79 Å². The maximum atomic E-state index is 11.6. The number of hydrogen-bond acceptors (Lipinski definition) is 1. The summed E-state index contributed by atoms with van der Waals surface area (Å²) < 4.78 is 0. The maximum absolute atomic E-state index is 11.6. The van der Waals surface area contributed by atoms with Crippen molar-refractivity contribution in [2.45, 2.75) is 26.3 Å². The number of amides is 1. The van der Waals surface area contributed by atoms with Crippen molar-refractivity contribution in [1.29, 1.82) is 0 Å². The molecule has 0 N–H and O–H groups in total. The SMILES string of the molecule is CC(C)N1C(=O)Cc2ccbcc21. The van der Waals surface area contributed by atoms with E-state index < -0.39 is 0 Å². The number of nitrogens with zero attached hydrogens (tertiary/aromatic N) is 1. The first-order valence-corrected chi connectivity index (χ1v) is 4.60. The fourth-order valence-electron chi connectivity index (χ4n) is 1.84. The summed E-state index contributed by atoms with van der Waals surface area (Å²) in [7, 11) is 0. The average molecular weight is 173 g/mol. The van der Waals surface area contributed by atoms with Crippen LogP contribution in [-0.4, -0.2) is 18.9 Å². The van der Waals surface area contributed by atoms with E-state index in [9.17, 15) is 4.79 Å². The van der Waals surface area contributed by atoms with Gasteiger partial charge in [0.25, 0.3) is 0 Å². The molecule has 0 unspecified atom stereocenters. The van der Waals surface area contributed by atoms with E-state index in [1.807, 2.05) is 43.6 Å². The zero-order valence-corrected chi connectivity index (χ0v) is 7.95. The number of anilines is 1. The van der Waals surface area contributed by atoms with Crippen molar-refractivity contribution in [3.8, 4) is 0 Å². The van der Waals surface area contributed by atoms with E-state index in [0.29, 0.717) is 6.42 Å². The molecule has 0 bridgehead atoms. The Balaban J connectivity index is 2.46. The Labute approximate surface area is 78.8 Å². The monoisotopic (exact) mass is 173 g/mol. The van der Waals surface area contributed by atoms with Crippen LogP contribution in [-0.2, 0) is 11.2 Å². The fraction of sp³-hybridized carbons (Fsp3) is 0.400. The van der Waals surface area contributed by atoms with Crippen LogP contribution in [0.4, 0.5) is 5.69 Å². The Bertz CT molecular complexity index is 349. The van der Waals surface area contributed by atoms with Crippen molar-refractivity contribution in [3.63, 3.8) is 0 Å². The molecule has 0 aliphatic carbocycles. The van der Waals surface area contributed by atoms with E-state index in [2.05, 4.69) is 0 Å². The van der Waals surface area contributed by atoms with Gasteiger partial charge in [0, 0.05) is 0 Å². The number of hydrogen-bond donors (Lipinski definition) is 0. The summed E-state index contributed by atoms with van der Waals surface area (Å²) in [5.41, 5.74) is 2.24. The van der Waals surface area contributed by atoms with E-state index in [1.165, 1.54) is 0 Å². The van der Waals surface area contributed by atoms with E-state index >= 15 is 0 Å². The van der Waals surface area contributed by atoms with Gasteiger partial charge in [0.15, 0.2) is 0 Å². The molecule has 1 aliphatic rings. The van der Waals surface area contributed by atoms with Crippen LogP contribution in [0.5, 0.6) is 0 Å². The molecule has 13 heavy (non-hydrogen) atoms. The van der Waals surface area contributed by atoms with Crippen molar-refractivity contribution >= 4 is 18.5 Å². The van der Waals surface area contributed by atoms with Gasteiger partial charge >= 0.3 is 78.1 Å². The molecular weight excluding hydrogens is 161 g/mol. The van der Waals surface area contributed by atoms with E-state index in [4.69, 9.17) is 0 Å². The third-order valence-corrected chi connectivity index (χ3v) is 2.38. The topological polar surface area (TPSA) is 20.3 Å². The van der Waals surface area contributed by atoms with Crippen LogP contribution in [0.25, 0.3) is 0 Å². The van der Waals surface area contributed by atoms with E-state index in [1.54, 1.807) is 0 Å². The molecule has 0 saturated carbocycles. The predicted molar refractivity (Wildman–Crippen MR) is 54.1 cm³/mol. The van der Waals surface area contributed by atoms with Crippen LogP contribution >= 0.6 is 0 Å². The van der Waals surface area contributed by atoms with Crippen LogP contribution < -0.4 is 4.90 Å².